The van der Waals surface area contributed by atoms with E-state index in [1.807, 2.05) is 19.4 Å². The number of aromatic nitrogens is 2. The van der Waals surface area contributed by atoms with Crippen LogP contribution in [0.15, 0.2) is 12.4 Å². The van der Waals surface area contributed by atoms with Crippen LogP contribution < -0.4 is 5.32 Å². The summed E-state index contributed by atoms with van der Waals surface area (Å²) < 4.78 is 2.20. The van der Waals surface area contributed by atoms with E-state index < -0.39 is 0 Å². The van der Waals surface area contributed by atoms with Crippen LogP contribution in [-0.4, -0.2) is 47.2 Å². The molecule has 4 nitrogen and oxygen atoms in total. The van der Waals surface area contributed by atoms with Gasteiger partial charge in [0.05, 0.1) is 0 Å². The Hall–Kier alpha value is -0.870. The Morgan fingerprint density at radius 1 is 1.47 bits per heavy atom. The fraction of sp³-hybridized carbons (Fsp3) is 0.769. The van der Waals surface area contributed by atoms with E-state index in [4.69, 9.17) is 0 Å². The summed E-state index contributed by atoms with van der Waals surface area (Å²) in [5.74, 6) is 1.15. The topological polar surface area (TPSA) is 33.1 Å². The molecule has 17 heavy (non-hydrogen) atoms. The molecule has 1 atom stereocenters. The normalized spacial score (nSPS) is 14.3. The third kappa shape index (κ3) is 3.07. The number of imidazole rings is 1. The quantitative estimate of drug-likeness (QED) is 0.812. The maximum absolute atomic E-state index is 4.45. The summed E-state index contributed by atoms with van der Waals surface area (Å²) in [6.45, 7) is 7.64. The molecule has 0 aliphatic rings. The smallest absolute Gasteiger partial charge is 0.110 e. The molecule has 0 aliphatic carbocycles. The minimum atomic E-state index is 0.0965. The number of hydrogen-bond acceptors (Lipinski definition) is 3. The van der Waals surface area contributed by atoms with Crippen molar-refractivity contribution in [2.75, 3.05) is 21.1 Å². The van der Waals surface area contributed by atoms with E-state index >= 15 is 0 Å². The first-order valence-electron chi connectivity index (χ1n) is 6.28. The van der Waals surface area contributed by atoms with Gasteiger partial charge in [0, 0.05) is 36.9 Å². The monoisotopic (exact) mass is 238 g/mol. The zero-order chi connectivity index (χ0) is 13.1. The molecule has 1 aromatic rings. The predicted molar refractivity (Wildman–Crippen MR) is 72.2 cm³/mol. The number of nitrogens with zero attached hydrogens (tertiary/aromatic N) is 3. The molecule has 0 aromatic carbocycles. The number of rotatable bonds is 6. The molecule has 0 saturated carbocycles. The fourth-order valence-electron chi connectivity index (χ4n) is 2.02. The van der Waals surface area contributed by atoms with Gasteiger partial charge >= 0.3 is 0 Å². The van der Waals surface area contributed by atoms with Gasteiger partial charge in [0.25, 0.3) is 0 Å². The summed E-state index contributed by atoms with van der Waals surface area (Å²) in [5, 5.41) is 3.42. The van der Waals surface area contributed by atoms with E-state index in [1.165, 1.54) is 0 Å². The first kappa shape index (κ1) is 14.2. The van der Waals surface area contributed by atoms with E-state index in [2.05, 4.69) is 54.6 Å². The Morgan fingerprint density at radius 2 is 2.12 bits per heavy atom. The number of nitrogens with one attached hydrogen (secondary N) is 1. The molecule has 98 valence electrons. The molecule has 1 aromatic heterocycles. The highest BCUT2D eigenvalue weighted by atomic mass is 15.2. The van der Waals surface area contributed by atoms with Gasteiger partial charge in [-0.15, -0.1) is 0 Å². The Labute approximate surface area is 105 Å². The van der Waals surface area contributed by atoms with E-state index in [0.29, 0.717) is 6.04 Å². The summed E-state index contributed by atoms with van der Waals surface area (Å²) in [6.07, 6.45) is 4.88. The Kier molecular flexibility index (Phi) is 4.71. The van der Waals surface area contributed by atoms with E-state index in [-0.39, 0.29) is 5.54 Å². The van der Waals surface area contributed by atoms with Crippen LogP contribution in [0.25, 0.3) is 0 Å². The van der Waals surface area contributed by atoms with Crippen molar-refractivity contribution in [1.82, 2.24) is 19.8 Å². The molecule has 0 saturated heterocycles. The molecule has 0 amide bonds. The highest BCUT2D eigenvalue weighted by Gasteiger charge is 2.31. The van der Waals surface area contributed by atoms with E-state index in [1.54, 1.807) is 0 Å². The Bertz CT molecular complexity index is 341. The molecule has 1 heterocycles. The molecular formula is C13H26N4. The maximum atomic E-state index is 4.45. The van der Waals surface area contributed by atoms with Gasteiger partial charge in [-0.25, -0.2) is 4.98 Å². The van der Waals surface area contributed by atoms with Crippen LogP contribution in [0.5, 0.6) is 0 Å². The minimum absolute atomic E-state index is 0.0965. The summed E-state index contributed by atoms with van der Waals surface area (Å²) >= 11 is 0. The number of likely N-dealkylation sites (N-methyl/N-ethyl adjacent to an activating group) is 2. The third-order valence-corrected chi connectivity index (χ3v) is 3.88. The van der Waals surface area contributed by atoms with Gasteiger partial charge in [-0.05, 0) is 41.9 Å². The van der Waals surface area contributed by atoms with Crippen molar-refractivity contribution in [3.63, 3.8) is 0 Å². The number of aryl methyl sites for hydroxylation is 1. The van der Waals surface area contributed by atoms with Gasteiger partial charge < -0.3 is 14.8 Å². The summed E-state index contributed by atoms with van der Waals surface area (Å²) in [4.78, 5) is 6.71. The highest BCUT2D eigenvalue weighted by molar-refractivity contribution is 5.01. The summed E-state index contributed by atoms with van der Waals surface area (Å²) in [5.41, 5.74) is 0.0965. The van der Waals surface area contributed by atoms with Gasteiger partial charge in [-0.2, -0.15) is 0 Å². The molecular weight excluding hydrogens is 212 g/mol. The van der Waals surface area contributed by atoms with Crippen molar-refractivity contribution in [3.8, 4) is 0 Å². The lowest BCUT2D eigenvalue weighted by atomic mass is 9.90. The standard InChI is InChI=1S/C13H26N4/c1-7-17-9-8-15-12(17)10-11(14-4)13(2,3)16(5)6/h8-9,11,14H,7,10H2,1-6H3. The largest absolute Gasteiger partial charge is 0.335 e. The molecule has 0 radical (unpaired) electrons. The molecule has 0 aliphatic heterocycles. The SMILES string of the molecule is CCn1ccnc1CC(NC)C(C)(C)N(C)C. The summed E-state index contributed by atoms with van der Waals surface area (Å²) in [7, 11) is 6.27. The lowest BCUT2D eigenvalue weighted by Gasteiger charge is -2.40. The molecule has 4 heteroatoms. The first-order chi connectivity index (χ1) is 7.93. The minimum Gasteiger partial charge on any atom is -0.335 e. The van der Waals surface area contributed by atoms with Crippen LogP contribution in [-0.2, 0) is 13.0 Å². The van der Waals surface area contributed by atoms with Crippen molar-refractivity contribution in [1.29, 1.82) is 0 Å². The zero-order valence-electron chi connectivity index (χ0n) is 12.0. The average molecular weight is 238 g/mol. The van der Waals surface area contributed by atoms with E-state index in [0.717, 1.165) is 18.8 Å². The lowest BCUT2D eigenvalue weighted by Crippen LogP contribution is -2.55. The third-order valence-electron chi connectivity index (χ3n) is 3.88. The van der Waals surface area contributed by atoms with Gasteiger partial charge in [0.2, 0.25) is 0 Å². The van der Waals surface area contributed by atoms with Crippen molar-refractivity contribution < 1.29 is 0 Å². The molecule has 0 spiro atoms. The van der Waals surface area contributed by atoms with Gasteiger partial charge in [-0.1, -0.05) is 0 Å². The van der Waals surface area contributed by atoms with Crippen LogP contribution in [0.4, 0.5) is 0 Å². The molecule has 0 bridgehead atoms. The predicted octanol–water partition coefficient (Wildman–Crippen LogP) is 1.37. The van der Waals surface area contributed by atoms with Crippen LogP contribution in [0, 0.1) is 0 Å². The highest BCUT2D eigenvalue weighted by Crippen LogP contribution is 2.18. The van der Waals surface area contributed by atoms with E-state index in [9.17, 15) is 0 Å². The molecule has 0 fully saturated rings. The van der Waals surface area contributed by atoms with Crippen molar-refractivity contribution in [3.05, 3.63) is 18.2 Å². The van der Waals surface area contributed by atoms with Crippen LogP contribution in [0.2, 0.25) is 0 Å². The second-order valence-corrected chi connectivity index (χ2v) is 5.22. The average Bonchev–Trinajstić information content (AvgIpc) is 2.72. The van der Waals surface area contributed by atoms with Crippen molar-refractivity contribution >= 4 is 0 Å². The van der Waals surface area contributed by atoms with Gasteiger partial charge in [-0.3, -0.25) is 0 Å². The Balaban J connectivity index is 2.84. The van der Waals surface area contributed by atoms with Crippen LogP contribution in [0.3, 0.4) is 0 Å². The first-order valence-corrected chi connectivity index (χ1v) is 6.28. The maximum Gasteiger partial charge on any atom is 0.110 e. The van der Waals surface area contributed by atoms with Gasteiger partial charge in [0.15, 0.2) is 0 Å². The fourth-order valence-corrected chi connectivity index (χ4v) is 2.02. The molecule has 1 rings (SSSR count). The van der Waals surface area contributed by atoms with Crippen LogP contribution in [0.1, 0.15) is 26.6 Å². The zero-order valence-corrected chi connectivity index (χ0v) is 12.0. The molecule has 1 unspecified atom stereocenters. The summed E-state index contributed by atoms with van der Waals surface area (Å²) in [6, 6.07) is 0.380. The van der Waals surface area contributed by atoms with Crippen molar-refractivity contribution in [2.24, 2.45) is 0 Å². The van der Waals surface area contributed by atoms with Gasteiger partial charge in [0.1, 0.15) is 5.82 Å². The number of hydrogen-bond donors (Lipinski definition) is 1. The Morgan fingerprint density at radius 3 is 2.59 bits per heavy atom. The van der Waals surface area contributed by atoms with Crippen molar-refractivity contribution in [2.45, 2.75) is 45.3 Å². The van der Waals surface area contributed by atoms with Crippen LogP contribution >= 0.6 is 0 Å². The second kappa shape index (κ2) is 5.65. The second-order valence-electron chi connectivity index (χ2n) is 5.22. The molecule has 1 N–H and O–H groups in total. The lowest BCUT2D eigenvalue weighted by molar-refractivity contribution is 0.140.